The lowest BCUT2D eigenvalue weighted by atomic mass is 10.3. The van der Waals surface area contributed by atoms with Crippen LogP contribution in [0.25, 0.3) is 0 Å². The molecule has 1 unspecified atom stereocenters. The third-order valence-corrected chi connectivity index (χ3v) is 2.66. The van der Waals surface area contributed by atoms with Gasteiger partial charge in [-0.25, -0.2) is 0 Å². The van der Waals surface area contributed by atoms with Gasteiger partial charge in [-0.15, -0.1) is 0 Å². The van der Waals surface area contributed by atoms with Crippen LogP contribution in [0.15, 0.2) is 28.7 Å². The minimum absolute atomic E-state index is 0.348. The maximum absolute atomic E-state index is 5.75. The first-order chi connectivity index (χ1) is 6.34. The molecule has 1 heterocycles. The van der Waals surface area contributed by atoms with Gasteiger partial charge < -0.3 is 10.1 Å². The van der Waals surface area contributed by atoms with Crippen LogP contribution in [-0.4, -0.2) is 19.2 Å². The number of hydrogen-bond donors (Lipinski definition) is 1. The van der Waals surface area contributed by atoms with Gasteiger partial charge in [0.05, 0.1) is 0 Å². The van der Waals surface area contributed by atoms with Crippen molar-refractivity contribution in [2.75, 3.05) is 13.1 Å². The van der Waals surface area contributed by atoms with Crippen molar-refractivity contribution in [1.29, 1.82) is 0 Å². The Kier molecular flexibility index (Phi) is 2.86. The molecule has 1 fully saturated rings. The molecule has 0 radical (unpaired) electrons. The van der Waals surface area contributed by atoms with Crippen molar-refractivity contribution in [1.82, 2.24) is 5.32 Å². The van der Waals surface area contributed by atoms with E-state index < -0.39 is 0 Å². The molecule has 2 nitrogen and oxygen atoms in total. The molecule has 0 bridgehead atoms. The molecule has 70 valence electrons. The van der Waals surface area contributed by atoms with Crippen molar-refractivity contribution >= 4 is 15.9 Å². The summed E-state index contributed by atoms with van der Waals surface area (Å²) in [7, 11) is 0. The maximum atomic E-state index is 5.75. The Morgan fingerprint density at radius 2 is 2.08 bits per heavy atom. The molecule has 0 spiro atoms. The van der Waals surface area contributed by atoms with Crippen LogP contribution in [0, 0.1) is 0 Å². The molecule has 1 aromatic rings. The van der Waals surface area contributed by atoms with Gasteiger partial charge in [0.25, 0.3) is 0 Å². The molecular formula is C10H12BrNO. The van der Waals surface area contributed by atoms with Crippen LogP contribution < -0.4 is 10.1 Å². The van der Waals surface area contributed by atoms with E-state index in [1.165, 1.54) is 0 Å². The van der Waals surface area contributed by atoms with Crippen molar-refractivity contribution < 1.29 is 4.74 Å². The van der Waals surface area contributed by atoms with Crippen LogP contribution in [-0.2, 0) is 0 Å². The molecule has 1 aliphatic heterocycles. The van der Waals surface area contributed by atoms with E-state index in [1.807, 2.05) is 24.3 Å². The highest BCUT2D eigenvalue weighted by Crippen LogP contribution is 2.18. The SMILES string of the molecule is Brc1ccc(OC2CCNC2)cc1. The fourth-order valence-electron chi connectivity index (χ4n) is 1.43. The molecule has 0 aliphatic carbocycles. The van der Waals surface area contributed by atoms with E-state index >= 15 is 0 Å². The largest absolute Gasteiger partial charge is 0.489 e. The predicted molar refractivity (Wildman–Crippen MR) is 56.0 cm³/mol. The van der Waals surface area contributed by atoms with E-state index in [1.54, 1.807) is 0 Å². The van der Waals surface area contributed by atoms with Crippen molar-refractivity contribution in [3.8, 4) is 5.75 Å². The fourth-order valence-corrected chi connectivity index (χ4v) is 1.70. The standard InChI is InChI=1S/C10H12BrNO/c11-8-1-3-9(4-2-8)13-10-5-6-12-7-10/h1-4,10,12H,5-7H2. The minimum atomic E-state index is 0.348. The van der Waals surface area contributed by atoms with Gasteiger partial charge in [0.1, 0.15) is 11.9 Å². The lowest BCUT2D eigenvalue weighted by Crippen LogP contribution is -2.19. The number of rotatable bonds is 2. The Hall–Kier alpha value is -0.540. The van der Waals surface area contributed by atoms with Crippen LogP contribution in [0.1, 0.15) is 6.42 Å². The van der Waals surface area contributed by atoms with Crippen LogP contribution in [0.4, 0.5) is 0 Å². The number of ether oxygens (including phenoxy) is 1. The second kappa shape index (κ2) is 4.11. The molecule has 0 amide bonds. The highest BCUT2D eigenvalue weighted by Gasteiger charge is 2.15. The Bertz CT molecular complexity index is 267. The number of halogens is 1. The normalized spacial score (nSPS) is 21.8. The molecule has 1 aromatic carbocycles. The predicted octanol–water partition coefficient (Wildman–Crippen LogP) is 2.19. The summed E-state index contributed by atoms with van der Waals surface area (Å²) in [5.41, 5.74) is 0. The quantitative estimate of drug-likeness (QED) is 0.858. The van der Waals surface area contributed by atoms with E-state index in [2.05, 4.69) is 21.2 Å². The monoisotopic (exact) mass is 241 g/mol. The summed E-state index contributed by atoms with van der Waals surface area (Å²) in [4.78, 5) is 0. The number of benzene rings is 1. The molecule has 0 saturated carbocycles. The van der Waals surface area contributed by atoms with Gasteiger partial charge in [0.2, 0.25) is 0 Å². The number of nitrogens with one attached hydrogen (secondary N) is 1. The molecule has 1 N–H and O–H groups in total. The van der Waals surface area contributed by atoms with Gasteiger partial charge in [-0.1, -0.05) is 15.9 Å². The zero-order valence-corrected chi connectivity index (χ0v) is 8.88. The smallest absolute Gasteiger partial charge is 0.119 e. The van der Waals surface area contributed by atoms with Crippen molar-refractivity contribution in [2.24, 2.45) is 0 Å². The summed E-state index contributed by atoms with van der Waals surface area (Å²) in [6, 6.07) is 7.97. The van der Waals surface area contributed by atoms with Gasteiger partial charge in [-0.05, 0) is 37.2 Å². The van der Waals surface area contributed by atoms with Crippen LogP contribution in [0.5, 0.6) is 5.75 Å². The molecule has 1 atom stereocenters. The molecule has 1 aliphatic rings. The van der Waals surface area contributed by atoms with E-state index in [9.17, 15) is 0 Å². The third kappa shape index (κ3) is 2.45. The first-order valence-electron chi connectivity index (χ1n) is 4.47. The Balaban J connectivity index is 1.97. The van der Waals surface area contributed by atoms with Crippen molar-refractivity contribution in [3.63, 3.8) is 0 Å². The molecular weight excluding hydrogens is 230 g/mol. The van der Waals surface area contributed by atoms with Gasteiger partial charge in [0, 0.05) is 11.0 Å². The van der Waals surface area contributed by atoms with E-state index in [-0.39, 0.29) is 0 Å². The average Bonchev–Trinajstić information content (AvgIpc) is 2.62. The second-order valence-corrected chi connectivity index (χ2v) is 4.10. The topological polar surface area (TPSA) is 21.3 Å². The third-order valence-electron chi connectivity index (χ3n) is 2.13. The van der Waals surface area contributed by atoms with E-state index in [0.29, 0.717) is 6.10 Å². The highest BCUT2D eigenvalue weighted by atomic mass is 79.9. The summed E-state index contributed by atoms with van der Waals surface area (Å²) in [6.45, 7) is 2.04. The maximum Gasteiger partial charge on any atom is 0.119 e. The van der Waals surface area contributed by atoms with Gasteiger partial charge in [0.15, 0.2) is 0 Å². The van der Waals surface area contributed by atoms with E-state index in [4.69, 9.17) is 4.74 Å². The lowest BCUT2D eigenvalue weighted by Gasteiger charge is -2.11. The first-order valence-corrected chi connectivity index (χ1v) is 5.27. The Morgan fingerprint density at radius 3 is 2.69 bits per heavy atom. The Morgan fingerprint density at radius 1 is 1.31 bits per heavy atom. The molecule has 1 saturated heterocycles. The summed E-state index contributed by atoms with van der Waals surface area (Å²) in [5, 5.41) is 3.27. The summed E-state index contributed by atoms with van der Waals surface area (Å²) >= 11 is 3.39. The minimum Gasteiger partial charge on any atom is -0.489 e. The lowest BCUT2D eigenvalue weighted by molar-refractivity contribution is 0.223. The van der Waals surface area contributed by atoms with Gasteiger partial charge in [-0.3, -0.25) is 0 Å². The first kappa shape index (κ1) is 9.03. The van der Waals surface area contributed by atoms with Crippen LogP contribution in [0.2, 0.25) is 0 Å². The second-order valence-electron chi connectivity index (χ2n) is 3.19. The Labute approximate surface area is 86.4 Å². The fraction of sp³-hybridized carbons (Fsp3) is 0.400. The molecule has 3 heteroatoms. The van der Waals surface area contributed by atoms with E-state index in [0.717, 1.165) is 29.7 Å². The van der Waals surface area contributed by atoms with Gasteiger partial charge in [-0.2, -0.15) is 0 Å². The average molecular weight is 242 g/mol. The van der Waals surface area contributed by atoms with Crippen molar-refractivity contribution in [3.05, 3.63) is 28.7 Å². The molecule has 2 rings (SSSR count). The summed E-state index contributed by atoms with van der Waals surface area (Å²) in [5.74, 6) is 0.955. The highest BCUT2D eigenvalue weighted by molar-refractivity contribution is 9.10. The van der Waals surface area contributed by atoms with Crippen LogP contribution in [0.3, 0.4) is 0 Å². The zero-order chi connectivity index (χ0) is 9.10. The van der Waals surface area contributed by atoms with Gasteiger partial charge >= 0.3 is 0 Å². The zero-order valence-electron chi connectivity index (χ0n) is 7.29. The molecule has 13 heavy (non-hydrogen) atoms. The molecule has 0 aromatic heterocycles. The number of hydrogen-bond acceptors (Lipinski definition) is 2. The summed E-state index contributed by atoms with van der Waals surface area (Å²) in [6.07, 6.45) is 1.46. The summed E-state index contributed by atoms with van der Waals surface area (Å²) < 4.78 is 6.83. The van der Waals surface area contributed by atoms with Crippen molar-refractivity contribution in [2.45, 2.75) is 12.5 Å². The van der Waals surface area contributed by atoms with Crippen LogP contribution >= 0.6 is 15.9 Å².